The third-order valence-electron chi connectivity index (χ3n) is 5.33. The zero-order chi connectivity index (χ0) is 20.0. The topological polar surface area (TPSA) is 55.6 Å². The van der Waals surface area contributed by atoms with Crippen molar-refractivity contribution in [2.45, 2.75) is 32.8 Å². The highest BCUT2D eigenvalue weighted by Crippen LogP contribution is 2.34. The van der Waals surface area contributed by atoms with Gasteiger partial charge in [0.2, 0.25) is 0 Å². The molecule has 29 heavy (non-hydrogen) atoms. The lowest BCUT2D eigenvalue weighted by molar-refractivity contribution is 0.0896. The van der Waals surface area contributed by atoms with Gasteiger partial charge in [-0.2, -0.15) is 0 Å². The first-order valence-electron chi connectivity index (χ1n) is 9.88. The Morgan fingerprint density at radius 2 is 2.10 bits per heavy atom. The number of para-hydroxylation sites is 1. The Hall–Kier alpha value is -2.70. The van der Waals surface area contributed by atoms with Crippen LogP contribution in [0.25, 0.3) is 21.2 Å². The Morgan fingerprint density at radius 1 is 1.24 bits per heavy atom. The van der Waals surface area contributed by atoms with Crippen LogP contribution >= 0.6 is 11.3 Å². The van der Waals surface area contributed by atoms with Gasteiger partial charge in [-0.3, -0.25) is 9.69 Å². The molecule has 1 fully saturated rings. The lowest BCUT2D eigenvalue weighted by atomic mass is 10.1. The predicted octanol–water partition coefficient (Wildman–Crippen LogP) is 5.49. The van der Waals surface area contributed by atoms with Crippen molar-refractivity contribution in [3.63, 3.8) is 0 Å². The first kappa shape index (κ1) is 18.3. The molecule has 0 N–H and O–H groups in total. The maximum atomic E-state index is 13.5. The van der Waals surface area contributed by atoms with Gasteiger partial charge in [-0.25, -0.2) is 4.98 Å². The quantitative estimate of drug-likeness (QED) is 0.450. The van der Waals surface area contributed by atoms with Crippen LogP contribution in [0.1, 0.15) is 34.5 Å². The van der Waals surface area contributed by atoms with E-state index in [9.17, 15) is 4.79 Å². The van der Waals surface area contributed by atoms with Gasteiger partial charge >= 0.3 is 0 Å². The summed E-state index contributed by atoms with van der Waals surface area (Å²) in [6.45, 7) is 5.38. The number of aromatic nitrogens is 1. The minimum Gasteiger partial charge on any atom is -0.451 e. The summed E-state index contributed by atoms with van der Waals surface area (Å²) in [5.41, 5.74) is 3.99. The van der Waals surface area contributed by atoms with Gasteiger partial charge in [0.25, 0.3) is 5.91 Å². The average molecular weight is 407 g/mol. The molecule has 0 aliphatic carbocycles. The number of fused-ring (bicyclic) bond motifs is 2. The third-order valence-corrected chi connectivity index (χ3v) is 6.56. The smallest absolute Gasteiger partial charge is 0.295 e. The Labute approximate surface area is 172 Å². The number of nitrogens with zero attached hydrogens (tertiary/aromatic N) is 2. The number of amides is 1. The van der Waals surface area contributed by atoms with E-state index in [2.05, 4.69) is 26.0 Å². The molecule has 3 heterocycles. The standard InChI is InChI=1S/C23H22N2O3S/c1-14-10-15(2)21-18(11-14)24-23(29-21)25(13-17-7-5-9-27-17)22(26)20-12-16-6-3-4-8-19(16)28-20/h3-4,6,8,10-12,17H,5,7,9,13H2,1-2H3. The molecule has 1 atom stereocenters. The van der Waals surface area contributed by atoms with E-state index in [0.29, 0.717) is 23.0 Å². The maximum Gasteiger partial charge on any atom is 0.295 e. The highest BCUT2D eigenvalue weighted by Gasteiger charge is 2.29. The molecule has 0 saturated carbocycles. The van der Waals surface area contributed by atoms with E-state index in [1.165, 1.54) is 11.1 Å². The van der Waals surface area contributed by atoms with Crippen molar-refractivity contribution in [3.05, 3.63) is 59.4 Å². The number of ether oxygens (including phenoxy) is 1. The number of hydrogen-bond donors (Lipinski definition) is 0. The molecule has 2 aromatic carbocycles. The van der Waals surface area contributed by atoms with Gasteiger partial charge in [-0.05, 0) is 56.0 Å². The fourth-order valence-electron chi connectivity index (χ4n) is 3.94. The molecule has 0 radical (unpaired) electrons. The van der Waals surface area contributed by atoms with Crippen molar-refractivity contribution >= 4 is 43.6 Å². The van der Waals surface area contributed by atoms with Crippen LogP contribution in [-0.2, 0) is 4.74 Å². The minimum absolute atomic E-state index is 0.0261. The first-order chi connectivity index (χ1) is 14.1. The molecule has 0 spiro atoms. The second-order valence-corrected chi connectivity index (χ2v) is 8.60. The van der Waals surface area contributed by atoms with Crippen molar-refractivity contribution in [2.75, 3.05) is 18.1 Å². The van der Waals surface area contributed by atoms with E-state index in [1.807, 2.05) is 30.3 Å². The molecule has 1 aliphatic heterocycles. The molecular weight excluding hydrogens is 384 g/mol. The van der Waals surface area contributed by atoms with Crippen molar-refractivity contribution in [2.24, 2.45) is 0 Å². The van der Waals surface area contributed by atoms with E-state index in [4.69, 9.17) is 14.1 Å². The summed E-state index contributed by atoms with van der Waals surface area (Å²) in [5.74, 6) is 0.154. The van der Waals surface area contributed by atoms with Gasteiger partial charge in [-0.1, -0.05) is 35.6 Å². The number of furan rings is 1. The number of aryl methyl sites for hydroxylation is 2. The summed E-state index contributed by atoms with van der Waals surface area (Å²) in [6.07, 6.45) is 2.00. The number of carbonyl (C=O) groups is 1. The zero-order valence-corrected chi connectivity index (χ0v) is 17.3. The van der Waals surface area contributed by atoms with E-state index >= 15 is 0 Å². The molecule has 2 aromatic heterocycles. The van der Waals surface area contributed by atoms with Gasteiger partial charge in [-0.15, -0.1) is 0 Å². The normalized spacial score (nSPS) is 16.7. The highest BCUT2D eigenvalue weighted by atomic mass is 32.1. The minimum atomic E-state index is -0.176. The molecule has 0 bridgehead atoms. The summed E-state index contributed by atoms with van der Waals surface area (Å²) in [7, 11) is 0. The predicted molar refractivity (Wildman–Crippen MR) is 116 cm³/mol. The number of thiazole rings is 1. The number of carbonyl (C=O) groups excluding carboxylic acids is 1. The summed E-state index contributed by atoms with van der Waals surface area (Å²) in [5, 5.41) is 1.61. The number of anilines is 1. The summed E-state index contributed by atoms with van der Waals surface area (Å²) in [6, 6.07) is 13.7. The first-order valence-corrected chi connectivity index (χ1v) is 10.7. The van der Waals surface area contributed by atoms with Crippen LogP contribution in [0.2, 0.25) is 0 Å². The highest BCUT2D eigenvalue weighted by molar-refractivity contribution is 7.22. The molecule has 1 saturated heterocycles. The fraction of sp³-hybridized carbons (Fsp3) is 0.304. The van der Waals surface area contributed by atoms with Crippen LogP contribution in [-0.4, -0.2) is 30.1 Å². The molecule has 1 aliphatic rings. The monoisotopic (exact) mass is 406 g/mol. The van der Waals surface area contributed by atoms with Crippen LogP contribution < -0.4 is 4.90 Å². The zero-order valence-electron chi connectivity index (χ0n) is 16.5. The lowest BCUT2D eigenvalue weighted by Crippen LogP contribution is -2.37. The Balaban J connectivity index is 1.57. The van der Waals surface area contributed by atoms with E-state index < -0.39 is 0 Å². The van der Waals surface area contributed by atoms with Crippen LogP contribution in [0, 0.1) is 13.8 Å². The molecule has 1 amide bonds. The molecule has 4 aromatic rings. The molecule has 6 heteroatoms. The number of benzene rings is 2. The van der Waals surface area contributed by atoms with Crippen molar-refractivity contribution in [1.29, 1.82) is 0 Å². The van der Waals surface area contributed by atoms with Gasteiger partial charge in [0.05, 0.1) is 22.9 Å². The van der Waals surface area contributed by atoms with Crippen molar-refractivity contribution in [1.82, 2.24) is 4.98 Å². The SMILES string of the molecule is Cc1cc(C)c2sc(N(CC3CCCO3)C(=O)c3cc4ccccc4o3)nc2c1. The lowest BCUT2D eigenvalue weighted by Gasteiger charge is -2.22. The second kappa shape index (κ2) is 7.28. The van der Waals surface area contributed by atoms with Crippen molar-refractivity contribution < 1.29 is 13.9 Å². The van der Waals surface area contributed by atoms with Crippen LogP contribution in [0.5, 0.6) is 0 Å². The largest absolute Gasteiger partial charge is 0.451 e. The molecule has 148 valence electrons. The van der Waals surface area contributed by atoms with Crippen molar-refractivity contribution in [3.8, 4) is 0 Å². The van der Waals surface area contributed by atoms with E-state index in [-0.39, 0.29) is 12.0 Å². The Kier molecular flexibility index (Phi) is 4.60. The summed E-state index contributed by atoms with van der Waals surface area (Å²) in [4.78, 5) is 20.0. The molecule has 5 rings (SSSR count). The van der Waals surface area contributed by atoms with Gasteiger partial charge in [0.1, 0.15) is 5.58 Å². The van der Waals surface area contributed by atoms with Crippen LogP contribution in [0.4, 0.5) is 5.13 Å². The summed E-state index contributed by atoms with van der Waals surface area (Å²) >= 11 is 1.55. The van der Waals surface area contributed by atoms with Gasteiger partial charge in [0, 0.05) is 12.0 Å². The molecule has 5 nitrogen and oxygen atoms in total. The maximum absolute atomic E-state index is 13.5. The average Bonchev–Trinajstić information content (AvgIpc) is 3.44. The van der Waals surface area contributed by atoms with Crippen LogP contribution in [0.3, 0.4) is 0 Å². The summed E-state index contributed by atoms with van der Waals surface area (Å²) < 4.78 is 12.8. The molecular formula is C23H22N2O3S. The van der Waals surface area contributed by atoms with E-state index in [1.54, 1.807) is 16.2 Å². The number of rotatable bonds is 4. The Morgan fingerprint density at radius 3 is 2.90 bits per heavy atom. The number of hydrogen-bond acceptors (Lipinski definition) is 5. The van der Waals surface area contributed by atoms with Crippen LogP contribution in [0.15, 0.2) is 46.9 Å². The van der Waals surface area contributed by atoms with E-state index in [0.717, 1.165) is 35.1 Å². The van der Waals surface area contributed by atoms with Gasteiger partial charge < -0.3 is 9.15 Å². The Bertz CT molecular complexity index is 1170. The third kappa shape index (κ3) is 3.43. The molecule has 1 unspecified atom stereocenters. The fourth-order valence-corrected chi connectivity index (χ4v) is 4.96. The van der Waals surface area contributed by atoms with Gasteiger partial charge in [0.15, 0.2) is 10.9 Å². The second-order valence-electron chi connectivity index (χ2n) is 7.63.